The van der Waals surface area contributed by atoms with Gasteiger partial charge in [0.15, 0.2) is 18.7 Å². The average Bonchev–Trinajstić information content (AvgIpc) is 2.69. The lowest BCUT2D eigenvalue weighted by Gasteiger charge is -2.18. The number of rotatable bonds is 6. The van der Waals surface area contributed by atoms with Crippen LogP contribution in [0.1, 0.15) is 27.6 Å². The molecule has 3 aromatic carbocycles. The lowest BCUT2D eigenvalue weighted by Crippen LogP contribution is -2.22. The molecule has 0 aliphatic carbocycles. The van der Waals surface area contributed by atoms with Crippen molar-refractivity contribution in [1.82, 2.24) is 0 Å². The van der Waals surface area contributed by atoms with Gasteiger partial charge in [0.1, 0.15) is 0 Å². The van der Waals surface area contributed by atoms with E-state index >= 15 is 0 Å². The molecule has 0 aliphatic rings. The van der Waals surface area contributed by atoms with Gasteiger partial charge in [-0.1, -0.05) is 84.9 Å². The molecule has 0 N–H and O–H groups in total. The summed E-state index contributed by atoms with van der Waals surface area (Å²) >= 11 is 0. The highest BCUT2D eigenvalue weighted by atomic mass is 31.2. The molecule has 0 radical (unpaired) electrons. The van der Waals surface area contributed by atoms with Crippen molar-refractivity contribution in [3.8, 4) is 0 Å². The summed E-state index contributed by atoms with van der Waals surface area (Å²) < 4.78 is 13.9. The number of hydrogen-bond donors (Lipinski definition) is 0. The Morgan fingerprint density at radius 3 is 1.54 bits per heavy atom. The Morgan fingerprint density at radius 2 is 1.12 bits per heavy atom. The molecule has 0 atom stereocenters. The summed E-state index contributed by atoms with van der Waals surface area (Å²) in [6, 6.07) is 24.8. The van der Waals surface area contributed by atoms with Crippen LogP contribution in [0, 0.1) is 0 Å². The van der Waals surface area contributed by atoms with E-state index in [9.17, 15) is 14.2 Å². The van der Waals surface area contributed by atoms with Crippen LogP contribution < -0.4 is 10.6 Å². The molecule has 0 fully saturated rings. The summed E-state index contributed by atoms with van der Waals surface area (Å²) in [6.07, 6.45) is -0.0829. The molecule has 130 valence electrons. The van der Waals surface area contributed by atoms with E-state index in [0.717, 1.165) is 0 Å². The summed E-state index contributed by atoms with van der Waals surface area (Å²) in [7, 11) is -3.09. The van der Waals surface area contributed by atoms with Crippen LogP contribution in [0.3, 0.4) is 0 Å². The van der Waals surface area contributed by atoms with E-state index in [1.54, 1.807) is 48.5 Å². The maximum atomic E-state index is 13.9. The van der Waals surface area contributed by atoms with Crippen molar-refractivity contribution in [3.05, 3.63) is 96.1 Å². The van der Waals surface area contributed by atoms with Gasteiger partial charge in [-0.25, -0.2) is 0 Å². The molecule has 0 saturated carbocycles. The van der Waals surface area contributed by atoms with E-state index < -0.39 is 7.14 Å². The molecular weight excluding hydrogens is 343 g/mol. The van der Waals surface area contributed by atoms with Gasteiger partial charge in [0.05, 0.1) is 6.16 Å². The van der Waals surface area contributed by atoms with Crippen LogP contribution in [0.5, 0.6) is 0 Å². The van der Waals surface area contributed by atoms with Gasteiger partial charge in [-0.05, 0) is 6.92 Å². The summed E-state index contributed by atoms with van der Waals surface area (Å²) in [5, 5.41) is 1.33. The molecule has 0 bridgehead atoms. The molecule has 0 spiro atoms. The molecule has 0 heterocycles. The number of hydrogen-bond acceptors (Lipinski definition) is 3. The van der Waals surface area contributed by atoms with Gasteiger partial charge >= 0.3 is 0 Å². The van der Waals surface area contributed by atoms with Gasteiger partial charge in [-0.3, -0.25) is 9.59 Å². The van der Waals surface area contributed by atoms with E-state index in [0.29, 0.717) is 21.7 Å². The first-order chi connectivity index (χ1) is 12.5. The summed E-state index contributed by atoms with van der Waals surface area (Å²) in [5.41, 5.74) is 1.01. The fraction of sp³-hybridized carbons (Fsp3) is 0.0909. The molecule has 0 unspecified atom stereocenters. The molecule has 26 heavy (non-hydrogen) atoms. The number of carbonyl (C=O) groups excluding carboxylic acids is 2. The second kappa shape index (κ2) is 7.63. The fourth-order valence-corrected chi connectivity index (χ4v) is 5.41. The van der Waals surface area contributed by atoms with Crippen LogP contribution in [0.25, 0.3) is 0 Å². The van der Waals surface area contributed by atoms with E-state index in [1.807, 2.05) is 36.4 Å². The van der Waals surface area contributed by atoms with Crippen molar-refractivity contribution in [1.29, 1.82) is 0 Å². The van der Waals surface area contributed by atoms with Crippen molar-refractivity contribution in [2.45, 2.75) is 6.92 Å². The highest BCUT2D eigenvalue weighted by Crippen LogP contribution is 2.43. The Morgan fingerprint density at radius 1 is 0.692 bits per heavy atom. The first kappa shape index (κ1) is 18.0. The quantitative estimate of drug-likeness (QED) is 0.490. The largest absolute Gasteiger partial charge is 0.313 e. The van der Waals surface area contributed by atoms with Crippen LogP contribution in [0.4, 0.5) is 0 Å². The Hall–Kier alpha value is -2.77. The average molecular weight is 362 g/mol. The summed E-state index contributed by atoms with van der Waals surface area (Å²) in [6.45, 7) is 1.48. The van der Waals surface area contributed by atoms with Crippen LogP contribution in [-0.2, 0) is 4.57 Å². The lowest BCUT2D eigenvalue weighted by atomic mass is 10.1. The first-order valence-corrected chi connectivity index (χ1v) is 10.2. The zero-order valence-electron chi connectivity index (χ0n) is 14.5. The van der Waals surface area contributed by atoms with Crippen LogP contribution in [0.2, 0.25) is 0 Å². The zero-order chi connectivity index (χ0) is 18.6. The Bertz CT molecular complexity index is 918. The lowest BCUT2D eigenvalue weighted by molar-refractivity contribution is 0.100. The van der Waals surface area contributed by atoms with Gasteiger partial charge in [0.25, 0.3) is 0 Å². The Kier molecular flexibility index (Phi) is 5.29. The van der Waals surface area contributed by atoms with E-state index in [2.05, 4.69) is 0 Å². The van der Waals surface area contributed by atoms with E-state index in [1.165, 1.54) is 6.92 Å². The smallest absolute Gasteiger partial charge is 0.170 e. The molecule has 0 aromatic heterocycles. The third-order valence-corrected chi connectivity index (χ3v) is 7.32. The van der Waals surface area contributed by atoms with Crippen molar-refractivity contribution in [2.75, 3.05) is 6.16 Å². The maximum Gasteiger partial charge on any atom is 0.170 e. The highest BCUT2D eigenvalue weighted by molar-refractivity contribution is 7.79. The van der Waals surface area contributed by atoms with Gasteiger partial charge in [0.2, 0.25) is 0 Å². The highest BCUT2D eigenvalue weighted by Gasteiger charge is 2.30. The molecule has 3 rings (SSSR count). The number of carbonyl (C=O) groups is 2. The van der Waals surface area contributed by atoms with Crippen LogP contribution in [0.15, 0.2) is 84.9 Å². The molecule has 0 aliphatic heterocycles. The van der Waals surface area contributed by atoms with Crippen molar-refractivity contribution >= 4 is 29.3 Å². The topological polar surface area (TPSA) is 51.2 Å². The minimum atomic E-state index is -3.09. The summed E-state index contributed by atoms with van der Waals surface area (Å²) in [4.78, 5) is 24.2. The molecule has 3 nitrogen and oxygen atoms in total. The van der Waals surface area contributed by atoms with E-state index in [-0.39, 0.29) is 17.7 Å². The molecular formula is C22H19O3P. The second-order valence-corrected chi connectivity index (χ2v) is 8.95. The minimum absolute atomic E-state index is 0.0526. The molecule has 0 amide bonds. The monoisotopic (exact) mass is 362 g/mol. The van der Waals surface area contributed by atoms with Gasteiger partial charge in [-0.15, -0.1) is 0 Å². The predicted molar refractivity (Wildman–Crippen MR) is 105 cm³/mol. The van der Waals surface area contributed by atoms with Crippen LogP contribution in [-0.4, -0.2) is 17.7 Å². The summed E-state index contributed by atoms with van der Waals surface area (Å²) in [5.74, 6) is -0.251. The zero-order valence-corrected chi connectivity index (χ0v) is 15.4. The minimum Gasteiger partial charge on any atom is -0.313 e. The number of ketones is 2. The standard InChI is InChI=1S/C22H19O3P/c1-17(23)18-12-14-19(15-13-18)22(24)16-26(25,20-8-4-2-5-9-20)21-10-6-3-7-11-21/h2-15H,16H2,1H3. The SMILES string of the molecule is CC(=O)c1ccc(C(=O)CP(=O)(c2ccccc2)c2ccccc2)cc1. The normalized spacial score (nSPS) is 11.1. The maximum absolute atomic E-state index is 13.9. The number of benzene rings is 3. The molecule has 0 saturated heterocycles. The molecule has 4 heteroatoms. The van der Waals surface area contributed by atoms with Crippen molar-refractivity contribution in [3.63, 3.8) is 0 Å². The van der Waals surface area contributed by atoms with E-state index in [4.69, 9.17) is 0 Å². The Balaban J connectivity index is 1.97. The van der Waals surface area contributed by atoms with Gasteiger partial charge in [-0.2, -0.15) is 0 Å². The van der Waals surface area contributed by atoms with Crippen LogP contribution >= 0.6 is 7.14 Å². The van der Waals surface area contributed by atoms with Gasteiger partial charge < -0.3 is 4.57 Å². The van der Waals surface area contributed by atoms with Crippen molar-refractivity contribution in [2.24, 2.45) is 0 Å². The predicted octanol–water partition coefficient (Wildman–Crippen LogP) is 4.09. The second-order valence-electron chi connectivity index (χ2n) is 6.13. The fourth-order valence-electron chi connectivity index (χ4n) is 2.85. The third kappa shape index (κ3) is 3.74. The Labute approximate surface area is 153 Å². The van der Waals surface area contributed by atoms with Crippen molar-refractivity contribution < 1.29 is 14.2 Å². The molecule has 3 aromatic rings. The third-order valence-electron chi connectivity index (χ3n) is 4.33. The van der Waals surface area contributed by atoms with Gasteiger partial charge in [0, 0.05) is 21.7 Å². The first-order valence-electron chi connectivity index (χ1n) is 8.35. The number of Topliss-reactive ketones (excluding diaryl/α,β-unsaturated/α-hetero) is 2.